The van der Waals surface area contributed by atoms with Crippen LogP contribution in [0.1, 0.15) is 65.8 Å². The molecule has 252 valence electrons. The first kappa shape index (κ1) is 35.7. The fraction of sp³-hybridized carbons (Fsp3) is 0.289. The molecule has 1 N–H and O–H groups in total. The number of ether oxygens (including phenoxy) is 3. The molecule has 1 amide bonds. The quantitative estimate of drug-likeness (QED) is 0.155. The average Bonchev–Trinajstić information content (AvgIpc) is 3.04. The van der Waals surface area contributed by atoms with Crippen LogP contribution in [0.2, 0.25) is 0 Å². The highest BCUT2D eigenvalue weighted by molar-refractivity contribution is 5.94. The molecule has 4 rings (SSSR count). The lowest BCUT2D eigenvalue weighted by Gasteiger charge is -2.24. The first-order chi connectivity index (χ1) is 22.7. The number of hydrogen-bond acceptors (Lipinski definition) is 6. The molecule has 0 fully saturated rings. The summed E-state index contributed by atoms with van der Waals surface area (Å²) in [5.41, 5.74) is 2.10. The second kappa shape index (κ2) is 15.6. The highest BCUT2D eigenvalue weighted by atomic mass is 19.4. The van der Waals surface area contributed by atoms with Gasteiger partial charge >= 0.3 is 18.1 Å². The van der Waals surface area contributed by atoms with Crippen molar-refractivity contribution in [1.29, 1.82) is 0 Å². The molecule has 1 atom stereocenters. The zero-order valence-corrected chi connectivity index (χ0v) is 27.2. The minimum absolute atomic E-state index is 0.0459. The first-order valence-corrected chi connectivity index (χ1v) is 15.4. The highest BCUT2D eigenvalue weighted by Crippen LogP contribution is 2.36. The Kier molecular flexibility index (Phi) is 11.6. The van der Waals surface area contributed by atoms with Gasteiger partial charge in [-0.2, -0.15) is 13.2 Å². The second-order valence-corrected chi connectivity index (χ2v) is 12.2. The van der Waals surface area contributed by atoms with Crippen LogP contribution in [0.15, 0.2) is 97.1 Å². The monoisotopic (exact) mass is 661 g/mol. The third kappa shape index (κ3) is 10.4. The number of aryl methyl sites for hydroxylation is 1. The summed E-state index contributed by atoms with van der Waals surface area (Å²) >= 11 is 0. The first-order valence-electron chi connectivity index (χ1n) is 15.4. The Morgan fingerprint density at radius 1 is 0.771 bits per heavy atom. The number of carbonyl (C=O) groups excluding carboxylic acids is 3. The largest absolute Gasteiger partial charge is 0.489 e. The van der Waals surface area contributed by atoms with Gasteiger partial charge in [0.05, 0.1) is 13.5 Å². The van der Waals surface area contributed by atoms with Crippen molar-refractivity contribution in [2.24, 2.45) is 0 Å². The van der Waals surface area contributed by atoms with Gasteiger partial charge in [0.25, 0.3) is 5.91 Å². The number of halogens is 3. The lowest BCUT2D eigenvalue weighted by molar-refractivity contribution is -0.155. The van der Waals surface area contributed by atoms with Crippen LogP contribution in [0, 0.1) is 0 Å². The molecule has 10 heteroatoms. The van der Waals surface area contributed by atoms with E-state index in [1.807, 2.05) is 12.1 Å². The van der Waals surface area contributed by atoms with Gasteiger partial charge in [-0.25, -0.2) is 0 Å². The molecular formula is C38H38F3NO6. The van der Waals surface area contributed by atoms with Gasteiger partial charge in [0.2, 0.25) is 0 Å². The maximum atomic E-state index is 14.6. The van der Waals surface area contributed by atoms with E-state index >= 15 is 0 Å². The Labute approximate surface area is 278 Å². The molecule has 0 aliphatic heterocycles. The number of amides is 1. The van der Waals surface area contributed by atoms with Gasteiger partial charge in [-0.1, -0.05) is 60.7 Å². The number of para-hydroxylation sites is 1. The Hall–Kier alpha value is -5.12. The lowest BCUT2D eigenvalue weighted by atomic mass is 9.94. The van der Waals surface area contributed by atoms with Gasteiger partial charge in [-0.15, -0.1) is 0 Å². The van der Waals surface area contributed by atoms with Crippen molar-refractivity contribution in [3.8, 4) is 16.9 Å². The molecule has 0 saturated heterocycles. The van der Waals surface area contributed by atoms with E-state index in [2.05, 4.69) is 5.32 Å². The maximum absolute atomic E-state index is 14.6. The zero-order valence-electron chi connectivity index (χ0n) is 27.2. The molecular weight excluding hydrogens is 623 g/mol. The molecule has 4 aromatic rings. The van der Waals surface area contributed by atoms with Gasteiger partial charge in [0.1, 0.15) is 18.0 Å². The Balaban J connectivity index is 1.71. The second-order valence-electron chi connectivity index (χ2n) is 12.2. The number of methoxy groups -OCH3 is 1. The molecule has 0 saturated carbocycles. The molecule has 0 bridgehead atoms. The normalized spacial score (nSPS) is 12.1. The number of esters is 2. The molecule has 0 aliphatic carbocycles. The van der Waals surface area contributed by atoms with Crippen molar-refractivity contribution in [3.63, 3.8) is 0 Å². The molecule has 48 heavy (non-hydrogen) atoms. The minimum Gasteiger partial charge on any atom is -0.489 e. The number of benzene rings is 4. The summed E-state index contributed by atoms with van der Waals surface area (Å²) in [5, 5.41) is 2.16. The van der Waals surface area contributed by atoms with E-state index in [4.69, 9.17) is 14.2 Å². The number of hydrogen-bond donors (Lipinski definition) is 1. The molecule has 0 heterocycles. The SMILES string of the molecule is COC(=O)Cc1ccccc1OCc1cc(-c2cccc(CCC(=O)OC(C)(C)C)c2)cc(C(NC(=O)c2ccccc2)C(F)(F)F)c1. The van der Waals surface area contributed by atoms with Crippen LogP contribution in [0.3, 0.4) is 0 Å². The molecule has 4 aromatic carbocycles. The van der Waals surface area contributed by atoms with E-state index in [9.17, 15) is 27.6 Å². The van der Waals surface area contributed by atoms with Crippen molar-refractivity contribution in [2.45, 2.75) is 64.5 Å². The summed E-state index contributed by atoms with van der Waals surface area (Å²) in [7, 11) is 1.28. The third-order valence-corrected chi connectivity index (χ3v) is 7.21. The van der Waals surface area contributed by atoms with Gasteiger partial charge in [0, 0.05) is 17.5 Å². The predicted molar refractivity (Wildman–Crippen MR) is 175 cm³/mol. The third-order valence-electron chi connectivity index (χ3n) is 7.21. The van der Waals surface area contributed by atoms with E-state index in [1.54, 1.807) is 81.4 Å². The van der Waals surface area contributed by atoms with Gasteiger partial charge in [0.15, 0.2) is 6.04 Å². The standard InChI is InChI=1S/C38H38F3NO6/c1-37(2,3)48-33(43)18-17-25-11-10-15-28(19-25)30-20-26(24-47-32-16-9-8-14-29(32)23-34(44)46-4)21-31(22-30)35(38(39,40)41)42-36(45)27-12-6-5-7-13-27/h5-16,19-22,35H,17-18,23-24H2,1-4H3,(H,42,45). The summed E-state index contributed by atoms with van der Waals surface area (Å²) in [5.74, 6) is -1.32. The van der Waals surface area contributed by atoms with Crippen LogP contribution in [0.4, 0.5) is 13.2 Å². The van der Waals surface area contributed by atoms with Gasteiger partial charge < -0.3 is 19.5 Å². The van der Waals surface area contributed by atoms with E-state index < -0.39 is 29.7 Å². The smallest absolute Gasteiger partial charge is 0.412 e. The fourth-order valence-corrected chi connectivity index (χ4v) is 5.02. The van der Waals surface area contributed by atoms with Crippen molar-refractivity contribution >= 4 is 17.8 Å². The van der Waals surface area contributed by atoms with Crippen LogP contribution in [-0.4, -0.2) is 36.7 Å². The lowest BCUT2D eigenvalue weighted by Crippen LogP contribution is -2.38. The molecule has 0 aliphatic rings. The van der Waals surface area contributed by atoms with E-state index in [0.717, 1.165) is 5.56 Å². The van der Waals surface area contributed by atoms with Crippen LogP contribution in [-0.2, 0) is 38.5 Å². The van der Waals surface area contributed by atoms with Crippen LogP contribution in [0.25, 0.3) is 11.1 Å². The summed E-state index contributed by atoms with van der Waals surface area (Å²) in [6, 6.07) is 23.8. The predicted octanol–water partition coefficient (Wildman–Crippen LogP) is 7.96. The summed E-state index contributed by atoms with van der Waals surface area (Å²) in [6.07, 6.45) is -4.38. The van der Waals surface area contributed by atoms with Crippen LogP contribution < -0.4 is 10.1 Å². The van der Waals surface area contributed by atoms with E-state index in [-0.39, 0.29) is 36.5 Å². The van der Waals surface area contributed by atoms with E-state index in [0.29, 0.717) is 34.4 Å². The number of nitrogens with one attached hydrogen (secondary N) is 1. The summed E-state index contributed by atoms with van der Waals surface area (Å²) in [4.78, 5) is 37.2. The van der Waals surface area contributed by atoms with Crippen LogP contribution >= 0.6 is 0 Å². The fourth-order valence-electron chi connectivity index (χ4n) is 5.02. The van der Waals surface area contributed by atoms with Crippen molar-refractivity contribution < 1.29 is 41.8 Å². The zero-order chi connectivity index (χ0) is 34.9. The average molecular weight is 662 g/mol. The molecule has 0 aromatic heterocycles. The summed E-state index contributed by atoms with van der Waals surface area (Å²) in [6.45, 7) is 5.23. The summed E-state index contributed by atoms with van der Waals surface area (Å²) < 4.78 is 60.1. The number of rotatable bonds is 12. The van der Waals surface area contributed by atoms with Crippen molar-refractivity contribution in [2.75, 3.05) is 7.11 Å². The van der Waals surface area contributed by atoms with Gasteiger partial charge in [-0.3, -0.25) is 14.4 Å². The molecule has 7 nitrogen and oxygen atoms in total. The van der Waals surface area contributed by atoms with Crippen molar-refractivity contribution in [1.82, 2.24) is 5.32 Å². The molecule has 0 radical (unpaired) electrons. The van der Waals surface area contributed by atoms with Gasteiger partial charge in [-0.05, 0) is 91.4 Å². The maximum Gasteiger partial charge on any atom is 0.412 e. The highest BCUT2D eigenvalue weighted by Gasteiger charge is 2.42. The van der Waals surface area contributed by atoms with E-state index in [1.165, 1.54) is 31.4 Å². The minimum atomic E-state index is -4.83. The topological polar surface area (TPSA) is 90.9 Å². The number of alkyl halides is 3. The molecule has 0 spiro atoms. The van der Waals surface area contributed by atoms with Crippen molar-refractivity contribution in [3.05, 3.63) is 125 Å². The Morgan fingerprint density at radius 3 is 2.15 bits per heavy atom. The van der Waals surface area contributed by atoms with Crippen LogP contribution in [0.5, 0.6) is 5.75 Å². The molecule has 1 unspecified atom stereocenters. The Morgan fingerprint density at radius 2 is 1.46 bits per heavy atom. The number of carbonyl (C=O) groups is 3. The Bertz CT molecular complexity index is 1730.